The molecule has 2 aliphatic rings. The first-order valence-electron chi connectivity index (χ1n) is 16.2. The van der Waals surface area contributed by atoms with Gasteiger partial charge in [0.1, 0.15) is 12.2 Å². The Kier molecular flexibility index (Phi) is 14.6. The van der Waals surface area contributed by atoms with Gasteiger partial charge >= 0.3 is 0 Å². The molecule has 0 bridgehead atoms. The number of hydrogen-bond donors (Lipinski definition) is 0. The maximum atomic E-state index is 12.6. The van der Waals surface area contributed by atoms with Crippen LogP contribution >= 0.6 is 0 Å². The minimum atomic E-state index is -0.353. The molecule has 0 saturated carbocycles. The molecule has 0 fully saturated rings. The lowest BCUT2D eigenvalue weighted by Gasteiger charge is -2.36. The largest absolute Gasteiger partial charge is 0.373 e. The Labute approximate surface area is 279 Å². The van der Waals surface area contributed by atoms with Gasteiger partial charge in [0.25, 0.3) is 0 Å². The zero-order valence-electron chi connectivity index (χ0n) is 30.3. The van der Waals surface area contributed by atoms with Crippen molar-refractivity contribution in [1.29, 1.82) is 0 Å². The number of ketones is 2. The Hall–Kier alpha value is -3.60. The average molecular weight is 625 g/mol. The van der Waals surface area contributed by atoms with Crippen LogP contribution in [-0.4, -0.2) is 38.0 Å². The van der Waals surface area contributed by atoms with Gasteiger partial charge in [-0.2, -0.15) is 0 Å². The summed E-state index contributed by atoms with van der Waals surface area (Å²) < 4.78 is 10.8. The average Bonchev–Trinajstić information content (AvgIpc) is 2.98. The highest BCUT2D eigenvalue weighted by molar-refractivity contribution is 6.01. The van der Waals surface area contributed by atoms with Gasteiger partial charge in [0.05, 0.1) is 0 Å². The molecule has 46 heavy (non-hydrogen) atoms. The molecule has 0 N–H and O–H groups in total. The molecule has 2 atom stereocenters. The van der Waals surface area contributed by atoms with Gasteiger partial charge in [-0.3, -0.25) is 9.59 Å². The van der Waals surface area contributed by atoms with Gasteiger partial charge in [-0.05, 0) is 87.5 Å². The van der Waals surface area contributed by atoms with E-state index in [4.69, 9.17) is 9.47 Å². The van der Waals surface area contributed by atoms with Gasteiger partial charge in [0.15, 0.2) is 11.6 Å². The fraction of sp³-hybridized carbons (Fsp3) is 0.429. The lowest BCUT2D eigenvalue weighted by Crippen LogP contribution is -2.37. The van der Waals surface area contributed by atoms with Crippen molar-refractivity contribution in [2.75, 3.05) is 14.2 Å². The van der Waals surface area contributed by atoms with Crippen LogP contribution in [0.5, 0.6) is 0 Å². The second-order valence-corrected chi connectivity index (χ2v) is 13.8. The number of ether oxygens (including phenoxy) is 2. The third kappa shape index (κ3) is 11.0. The molecule has 0 aromatic carbocycles. The predicted octanol–water partition coefficient (Wildman–Crippen LogP) is 10.2. The standard InChI is InChI=1S/C42H56O4/c1-29(19-15-21-31(3)23-25-35-33(5)39(43)37(45-11)27-41(35,7)8)17-13-14-18-30(2)20-16-22-32(4)24-26-36-34(6)40(44)38(46-12)28-42(36,9)10/h13-26,37-38H,27-28H2,1-12H3/b14-13+,19-15+,20-16+,25-23+,26-24+,29-17+,30-18+,31-21+,32-22+/t37-,38-/m0/s1. The third-order valence-electron chi connectivity index (χ3n) is 8.84. The number of carbonyl (C=O) groups is 2. The Morgan fingerprint density at radius 1 is 0.565 bits per heavy atom. The number of carbonyl (C=O) groups excluding carboxylic acids is 2. The second-order valence-electron chi connectivity index (χ2n) is 13.8. The normalized spacial score (nSPS) is 24.0. The molecule has 0 heterocycles. The summed E-state index contributed by atoms with van der Waals surface area (Å²) in [7, 11) is 3.22. The summed E-state index contributed by atoms with van der Waals surface area (Å²) >= 11 is 0. The van der Waals surface area contributed by atoms with Crippen molar-refractivity contribution in [1.82, 2.24) is 0 Å². The van der Waals surface area contributed by atoms with Crippen molar-refractivity contribution >= 4 is 11.6 Å². The number of hydrogen-bond acceptors (Lipinski definition) is 4. The quantitative estimate of drug-likeness (QED) is 0.203. The van der Waals surface area contributed by atoms with Gasteiger partial charge < -0.3 is 9.47 Å². The van der Waals surface area contributed by atoms with Crippen molar-refractivity contribution in [2.24, 2.45) is 10.8 Å². The molecule has 4 nitrogen and oxygen atoms in total. The topological polar surface area (TPSA) is 52.6 Å². The Bertz CT molecular complexity index is 1370. The van der Waals surface area contributed by atoms with Crippen LogP contribution in [0.3, 0.4) is 0 Å². The number of rotatable bonds is 12. The molecule has 0 aromatic heterocycles. The number of Topliss-reactive ketones (excluding diaryl/α,β-unsaturated/α-hetero) is 2. The smallest absolute Gasteiger partial charge is 0.187 e. The Morgan fingerprint density at radius 2 is 0.870 bits per heavy atom. The predicted molar refractivity (Wildman–Crippen MR) is 195 cm³/mol. The van der Waals surface area contributed by atoms with Crippen LogP contribution in [0.1, 0.15) is 82.1 Å². The molecular weight excluding hydrogens is 568 g/mol. The van der Waals surface area contributed by atoms with Crippen molar-refractivity contribution < 1.29 is 19.1 Å². The van der Waals surface area contributed by atoms with Crippen LogP contribution < -0.4 is 0 Å². The number of methoxy groups -OCH3 is 2. The van der Waals surface area contributed by atoms with Crippen molar-refractivity contribution in [3.8, 4) is 0 Å². The van der Waals surface area contributed by atoms with Gasteiger partial charge in [0, 0.05) is 14.2 Å². The molecule has 2 rings (SSSR count). The first-order chi connectivity index (χ1) is 21.5. The van der Waals surface area contributed by atoms with Crippen LogP contribution in [0.2, 0.25) is 0 Å². The van der Waals surface area contributed by atoms with E-state index >= 15 is 0 Å². The molecule has 0 unspecified atom stereocenters. The summed E-state index contributed by atoms with van der Waals surface area (Å²) in [4.78, 5) is 25.2. The zero-order chi connectivity index (χ0) is 34.7. The molecule has 0 radical (unpaired) electrons. The Morgan fingerprint density at radius 3 is 1.20 bits per heavy atom. The molecule has 4 heteroatoms. The Balaban J connectivity index is 1.96. The summed E-state index contributed by atoms with van der Waals surface area (Å²) in [6.45, 7) is 20.8. The van der Waals surface area contributed by atoms with Crippen LogP contribution in [0.25, 0.3) is 0 Å². The van der Waals surface area contributed by atoms with Crippen LogP contribution in [0, 0.1) is 10.8 Å². The van der Waals surface area contributed by atoms with E-state index < -0.39 is 0 Å². The van der Waals surface area contributed by atoms with Crippen LogP contribution in [0.15, 0.2) is 130 Å². The van der Waals surface area contributed by atoms with Gasteiger partial charge in [0.2, 0.25) is 0 Å². The monoisotopic (exact) mass is 624 g/mol. The maximum Gasteiger partial charge on any atom is 0.187 e. The molecule has 0 aliphatic heterocycles. The van der Waals surface area contributed by atoms with Crippen molar-refractivity contribution in [3.63, 3.8) is 0 Å². The van der Waals surface area contributed by atoms with Crippen LogP contribution in [0.4, 0.5) is 0 Å². The van der Waals surface area contributed by atoms with E-state index in [1.807, 2.05) is 38.2 Å². The summed E-state index contributed by atoms with van der Waals surface area (Å²) in [5, 5.41) is 0. The zero-order valence-corrected chi connectivity index (χ0v) is 30.3. The van der Waals surface area contributed by atoms with Gasteiger partial charge in [-0.25, -0.2) is 0 Å². The summed E-state index contributed by atoms with van der Waals surface area (Å²) in [5.41, 5.74) is 8.03. The van der Waals surface area contributed by atoms with Gasteiger partial charge in [-0.15, -0.1) is 0 Å². The van der Waals surface area contributed by atoms with E-state index in [0.717, 1.165) is 44.6 Å². The van der Waals surface area contributed by atoms with E-state index in [9.17, 15) is 9.59 Å². The minimum absolute atomic E-state index is 0.0854. The van der Waals surface area contributed by atoms with E-state index in [1.165, 1.54) is 0 Å². The summed E-state index contributed by atoms with van der Waals surface area (Å²) in [5.74, 6) is 0.171. The number of allylic oxidation sites excluding steroid dienone is 20. The minimum Gasteiger partial charge on any atom is -0.373 e. The van der Waals surface area contributed by atoms with Crippen LogP contribution in [-0.2, 0) is 19.1 Å². The maximum absolute atomic E-state index is 12.6. The molecular formula is C42H56O4. The summed E-state index contributed by atoms with van der Waals surface area (Å²) in [6.07, 6.45) is 29.7. The molecule has 0 saturated heterocycles. The fourth-order valence-electron chi connectivity index (χ4n) is 5.95. The van der Waals surface area contributed by atoms with E-state index in [1.54, 1.807) is 14.2 Å². The van der Waals surface area contributed by atoms with Crippen molar-refractivity contribution in [2.45, 2.75) is 94.3 Å². The highest BCUT2D eigenvalue weighted by Crippen LogP contribution is 2.41. The first kappa shape index (κ1) is 38.6. The molecule has 248 valence electrons. The molecule has 0 aromatic rings. The SMILES string of the molecule is CO[C@H]1CC(C)(C)C(/C=C/C(C)=C/C=C/C(C)=C/C=C/C=C(C)/C=C/C=C(C)/C=C/C2=C(C)C(=O)[C@@H](OC)CC2(C)C)=C(C)C1=O. The fourth-order valence-corrected chi connectivity index (χ4v) is 5.95. The summed E-state index contributed by atoms with van der Waals surface area (Å²) in [6, 6.07) is 0. The van der Waals surface area contributed by atoms with E-state index in [2.05, 4.69) is 116 Å². The molecule has 2 aliphatic carbocycles. The highest BCUT2D eigenvalue weighted by atomic mass is 16.5. The van der Waals surface area contributed by atoms with Crippen molar-refractivity contribution in [3.05, 3.63) is 130 Å². The van der Waals surface area contributed by atoms with E-state index in [-0.39, 0.29) is 34.6 Å². The lowest BCUT2D eigenvalue weighted by molar-refractivity contribution is -0.128. The first-order valence-corrected chi connectivity index (χ1v) is 16.2. The third-order valence-corrected chi connectivity index (χ3v) is 8.84. The molecule has 0 spiro atoms. The second kappa shape index (κ2) is 17.4. The lowest BCUT2D eigenvalue weighted by atomic mass is 9.71. The van der Waals surface area contributed by atoms with Gasteiger partial charge in [-0.1, -0.05) is 135 Å². The highest BCUT2D eigenvalue weighted by Gasteiger charge is 2.38. The molecule has 0 amide bonds. The van der Waals surface area contributed by atoms with E-state index in [0.29, 0.717) is 12.8 Å².